The lowest BCUT2D eigenvalue weighted by molar-refractivity contribution is 0.829. The van der Waals surface area contributed by atoms with Gasteiger partial charge in [0.1, 0.15) is 10.5 Å². The highest BCUT2D eigenvalue weighted by Crippen LogP contribution is 2.26. The van der Waals surface area contributed by atoms with Gasteiger partial charge in [0.25, 0.3) is 0 Å². The lowest BCUT2D eigenvalue weighted by Gasteiger charge is -2.12. The number of nitrogens with zero attached hydrogens (tertiary/aromatic N) is 1. The molecule has 0 bridgehead atoms. The smallest absolute Gasteiger partial charge is 0.133 e. The highest BCUT2D eigenvalue weighted by Gasteiger charge is 2.09. The molecule has 0 amide bonds. The van der Waals surface area contributed by atoms with Crippen molar-refractivity contribution in [3.05, 3.63) is 45.4 Å². The van der Waals surface area contributed by atoms with Gasteiger partial charge in [0.15, 0.2) is 0 Å². The predicted octanol–water partition coefficient (Wildman–Crippen LogP) is 4.68. The van der Waals surface area contributed by atoms with Crippen molar-refractivity contribution in [2.45, 2.75) is 40.5 Å². The molecule has 0 aliphatic carbocycles. The Morgan fingerprint density at radius 2 is 1.95 bits per heavy atom. The predicted molar refractivity (Wildman–Crippen MR) is 83.1 cm³/mol. The first-order chi connectivity index (χ1) is 9.02. The Labute approximate surface area is 119 Å². The number of aromatic nitrogens is 2. The lowest BCUT2D eigenvalue weighted by Crippen LogP contribution is -2.01. The van der Waals surface area contributed by atoms with Crippen molar-refractivity contribution in [3.8, 4) is 11.3 Å². The molecule has 2 nitrogen and oxygen atoms in total. The van der Waals surface area contributed by atoms with Crippen molar-refractivity contribution < 1.29 is 0 Å². The zero-order valence-corrected chi connectivity index (χ0v) is 12.8. The molecule has 0 radical (unpaired) electrons. The van der Waals surface area contributed by atoms with E-state index in [1.807, 2.05) is 6.92 Å². The summed E-state index contributed by atoms with van der Waals surface area (Å²) in [6.45, 7) is 8.44. The lowest BCUT2D eigenvalue weighted by atomic mass is 10.0. The summed E-state index contributed by atoms with van der Waals surface area (Å²) in [6, 6.07) is 6.50. The molecule has 0 aliphatic heterocycles. The molecule has 2 rings (SSSR count). The van der Waals surface area contributed by atoms with Crippen molar-refractivity contribution in [3.63, 3.8) is 0 Å². The van der Waals surface area contributed by atoms with Gasteiger partial charge < -0.3 is 4.98 Å². The minimum atomic E-state index is 0.706. The maximum absolute atomic E-state index is 5.38. The number of nitrogens with one attached hydrogen (secondary N) is 1. The van der Waals surface area contributed by atoms with Gasteiger partial charge in [-0.05, 0) is 32.8 Å². The fourth-order valence-corrected chi connectivity index (χ4v) is 2.51. The molecule has 0 atom stereocenters. The Bertz CT molecular complexity index is 656. The van der Waals surface area contributed by atoms with Gasteiger partial charge >= 0.3 is 0 Å². The summed E-state index contributed by atoms with van der Waals surface area (Å²) in [5.41, 5.74) is 5.93. The second-order valence-electron chi connectivity index (χ2n) is 5.06. The second kappa shape index (κ2) is 5.66. The minimum absolute atomic E-state index is 0.706. The number of hydrogen-bond donors (Lipinski definition) is 1. The minimum Gasteiger partial charge on any atom is -0.343 e. The van der Waals surface area contributed by atoms with Crippen molar-refractivity contribution in [2.75, 3.05) is 0 Å². The molecule has 1 heterocycles. The van der Waals surface area contributed by atoms with Crippen LogP contribution in [0.2, 0.25) is 0 Å². The Balaban J connectivity index is 2.63. The van der Waals surface area contributed by atoms with Crippen LogP contribution in [0.4, 0.5) is 0 Å². The van der Waals surface area contributed by atoms with E-state index < -0.39 is 0 Å². The number of rotatable bonds is 3. The molecule has 1 aromatic carbocycles. The number of benzene rings is 1. The molecule has 19 heavy (non-hydrogen) atoms. The van der Waals surface area contributed by atoms with Crippen LogP contribution in [0.25, 0.3) is 11.3 Å². The third kappa shape index (κ3) is 2.92. The third-order valence-electron chi connectivity index (χ3n) is 3.34. The van der Waals surface area contributed by atoms with E-state index in [-0.39, 0.29) is 0 Å². The monoisotopic (exact) mass is 272 g/mol. The summed E-state index contributed by atoms with van der Waals surface area (Å²) in [5.74, 6) is 0.980. The molecule has 2 aromatic rings. The molecule has 0 aliphatic rings. The summed E-state index contributed by atoms with van der Waals surface area (Å²) in [7, 11) is 0. The van der Waals surface area contributed by atoms with Gasteiger partial charge in [0.2, 0.25) is 0 Å². The normalized spacial score (nSPS) is 10.7. The van der Waals surface area contributed by atoms with Crippen molar-refractivity contribution in [2.24, 2.45) is 0 Å². The molecule has 0 fully saturated rings. The van der Waals surface area contributed by atoms with Gasteiger partial charge in [-0.1, -0.05) is 42.9 Å². The molecule has 3 heteroatoms. The number of aryl methyl sites for hydroxylation is 3. The highest BCUT2D eigenvalue weighted by molar-refractivity contribution is 7.71. The molecular formula is C16H20N2S. The van der Waals surface area contributed by atoms with E-state index in [2.05, 4.69) is 48.9 Å². The summed E-state index contributed by atoms with van der Waals surface area (Å²) in [5, 5.41) is 0. The molecule has 0 saturated carbocycles. The molecule has 0 saturated heterocycles. The quantitative estimate of drug-likeness (QED) is 0.822. The standard InChI is InChI=1S/C16H20N2S/c1-5-6-14-17-15(12(4)16(19)18-14)13-8-7-10(2)9-11(13)3/h7-9H,5-6H2,1-4H3,(H,17,18,19). The first kappa shape index (κ1) is 13.9. The molecular weight excluding hydrogens is 252 g/mol. The SMILES string of the molecule is CCCc1nc(=S)c(C)c(-c2ccc(C)cc2C)[nH]1. The molecule has 1 aromatic heterocycles. The Kier molecular flexibility index (Phi) is 4.15. The summed E-state index contributed by atoms with van der Waals surface area (Å²) < 4.78 is 0.706. The van der Waals surface area contributed by atoms with E-state index in [0.717, 1.165) is 29.9 Å². The van der Waals surface area contributed by atoms with Crippen LogP contribution in [0, 0.1) is 25.4 Å². The summed E-state index contributed by atoms with van der Waals surface area (Å²) in [6.07, 6.45) is 2.00. The van der Waals surface area contributed by atoms with Crippen LogP contribution in [-0.4, -0.2) is 9.97 Å². The van der Waals surface area contributed by atoms with Gasteiger partial charge in [-0.15, -0.1) is 0 Å². The van der Waals surface area contributed by atoms with E-state index in [1.54, 1.807) is 0 Å². The van der Waals surface area contributed by atoms with E-state index in [4.69, 9.17) is 12.2 Å². The topological polar surface area (TPSA) is 28.7 Å². The van der Waals surface area contributed by atoms with Crippen LogP contribution >= 0.6 is 12.2 Å². The second-order valence-corrected chi connectivity index (χ2v) is 5.44. The number of H-pyrrole nitrogens is 1. The van der Waals surface area contributed by atoms with Crippen LogP contribution in [0.1, 0.15) is 35.9 Å². The maximum atomic E-state index is 5.38. The highest BCUT2D eigenvalue weighted by atomic mass is 32.1. The van der Waals surface area contributed by atoms with Crippen molar-refractivity contribution in [1.82, 2.24) is 9.97 Å². The Hall–Kier alpha value is -1.48. The van der Waals surface area contributed by atoms with Gasteiger partial charge in [0, 0.05) is 17.5 Å². The average molecular weight is 272 g/mol. The number of aromatic amines is 1. The van der Waals surface area contributed by atoms with Crippen LogP contribution in [0.15, 0.2) is 18.2 Å². The van der Waals surface area contributed by atoms with E-state index in [9.17, 15) is 0 Å². The largest absolute Gasteiger partial charge is 0.343 e. The zero-order chi connectivity index (χ0) is 14.0. The summed E-state index contributed by atoms with van der Waals surface area (Å²) >= 11 is 5.38. The average Bonchev–Trinajstić information content (AvgIpc) is 2.34. The van der Waals surface area contributed by atoms with Crippen molar-refractivity contribution >= 4 is 12.2 Å². The van der Waals surface area contributed by atoms with Gasteiger partial charge in [0.05, 0.1) is 5.69 Å². The molecule has 1 N–H and O–H groups in total. The van der Waals surface area contributed by atoms with Crippen LogP contribution < -0.4 is 0 Å². The third-order valence-corrected chi connectivity index (χ3v) is 3.74. The van der Waals surface area contributed by atoms with E-state index in [0.29, 0.717) is 4.64 Å². The van der Waals surface area contributed by atoms with Crippen LogP contribution in [0.3, 0.4) is 0 Å². The fraction of sp³-hybridized carbons (Fsp3) is 0.375. The van der Waals surface area contributed by atoms with E-state index >= 15 is 0 Å². The Morgan fingerprint density at radius 1 is 1.21 bits per heavy atom. The molecule has 0 spiro atoms. The molecule has 0 unspecified atom stereocenters. The van der Waals surface area contributed by atoms with Gasteiger partial charge in [-0.25, -0.2) is 4.98 Å². The van der Waals surface area contributed by atoms with Gasteiger partial charge in [-0.3, -0.25) is 0 Å². The van der Waals surface area contributed by atoms with Crippen molar-refractivity contribution in [1.29, 1.82) is 0 Å². The summed E-state index contributed by atoms with van der Waals surface area (Å²) in [4.78, 5) is 7.91. The van der Waals surface area contributed by atoms with Gasteiger partial charge in [-0.2, -0.15) is 0 Å². The van der Waals surface area contributed by atoms with E-state index in [1.165, 1.54) is 16.7 Å². The Morgan fingerprint density at radius 3 is 2.58 bits per heavy atom. The number of hydrogen-bond acceptors (Lipinski definition) is 2. The van der Waals surface area contributed by atoms with Crippen LogP contribution in [0.5, 0.6) is 0 Å². The maximum Gasteiger partial charge on any atom is 0.133 e. The molecule has 100 valence electrons. The fourth-order valence-electron chi connectivity index (χ4n) is 2.30. The first-order valence-electron chi connectivity index (χ1n) is 6.70. The first-order valence-corrected chi connectivity index (χ1v) is 7.11. The zero-order valence-electron chi connectivity index (χ0n) is 12.0. The van der Waals surface area contributed by atoms with Crippen LogP contribution in [-0.2, 0) is 6.42 Å².